The maximum atomic E-state index is 12.6. The molecule has 6 heteroatoms. The molecule has 5 nitrogen and oxygen atoms in total. The topological polar surface area (TPSA) is 65.0 Å². The van der Waals surface area contributed by atoms with Gasteiger partial charge in [0, 0.05) is 10.4 Å². The minimum absolute atomic E-state index is 0.0669. The number of hydrogen-bond acceptors (Lipinski definition) is 6. The van der Waals surface area contributed by atoms with Crippen LogP contribution in [-0.4, -0.2) is 32.2 Å². The zero-order valence-corrected chi connectivity index (χ0v) is 15.4. The van der Waals surface area contributed by atoms with Crippen molar-refractivity contribution >= 4 is 17.1 Å². The van der Waals surface area contributed by atoms with Gasteiger partial charge < -0.3 is 19.3 Å². The Morgan fingerprint density at radius 3 is 2.19 bits per heavy atom. The molecule has 0 atom stereocenters. The molecule has 3 rings (SSSR count). The first-order valence-corrected chi connectivity index (χ1v) is 8.63. The van der Waals surface area contributed by atoms with Gasteiger partial charge in [0.15, 0.2) is 11.5 Å². The molecule has 0 aliphatic heterocycles. The predicted molar refractivity (Wildman–Crippen MR) is 101 cm³/mol. The number of hydrogen-bond donors (Lipinski definition) is 1. The third-order valence-electron chi connectivity index (χ3n) is 3.89. The number of phenols is 1. The summed E-state index contributed by atoms with van der Waals surface area (Å²) < 4.78 is 16.1. The molecule has 0 spiro atoms. The molecular weight excluding hydrogens is 352 g/mol. The van der Waals surface area contributed by atoms with E-state index < -0.39 is 0 Å². The summed E-state index contributed by atoms with van der Waals surface area (Å²) in [5, 5.41) is 9.57. The van der Waals surface area contributed by atoms with Gasteiger partial charge in [-0.15, -0.1) is 11.3 Å². The molecule has 1 heterocycles. The molecule has 1 aromatic heterocycles. The van der Waals surface area contributed by atoms with Crippen LogP contribution in [0.3, 0.4) is 0 Å². The molecular formula is C20H18O5S. The zero-order chi connectivity index (χ0) is 18.7. The van der Waals surface area contributed by atoms with Crippen molar-refractivity contribution in [2.24, 2.45) is 0 Å². The van der Waals surface area contributed by atoms with Gasteiger partial charge in [0.25, 0.3) is 0 Å². The Balaban J connectivity index is 1.98. The van der Waals surface area contributed by atoms with Gasteiger partial charge in [0.05, 0.1) is 26.2 Å². The Hall–Kier alpha value is -2.99. The predicted octanol–water partition coefficient (Wildman–Crippen LogP) is 4.38. The van der Waals surface area contributed by atoms with Gasteiger partial charge in [-0.25, -0.2) is 0 Å². The average molecular weight is 370 g/mol. The summed E-state index contributed by atoms with van der Waals surface area (Å²) in [5.41, 5.74) is 1.31. The highest BCUT2D eigenvalue weighted by Crippen LogP contribution is 2.42. The van der Waals surface area contributed by atoms with E-state index in [0.717, 1.165) is 10.4 Å². The summed E-state index contributed by atoms with van der Waals surface area (Å²) >= 11 is 1.36. The average Bonchev–Trinajstić information content (AvgIpc) is 3.16. The van der Waals surface area contributed by atoms with Crippen molar-refractivity contribution in [2.75, 3.05) is 21.3 Å². The molecule has 0 aliphatic rings. The molecule has 0 fully saturated rings. The van der Waals surface area contributed by atoms with E-state index in [2.05, 4.69) is 0 Å². The first-order valence-electron chi connectivity index (χ1n) is 7.81. The molecule has 0 aliphatic carbocycles. The quantitative estimate of drug-likeness (QED) is 0.653. The van der Waals surface area contributed by atoms with Crippen LogP contribution in [0, 0.1) is 0 Å². The second-order valence-corrected chi connectivity index (χ2v) is 6.54. The summed E-state index contributed by atoms with van der Waals surface area (Å²) in [6.07, 6.45) is 0. The monoisotopic (exact) mass is 370 g/mol. The summed E-state index contributed by atoms with van der Waals surface area (Å²) in [6, 6.07) is 13.7. The smallest absolute Gasteiger partial charge is 0.203 e. The highest BCUT2D eigenvalue weighted by atomic mass is 32.1. The van der Waals surface area contributed by atoms with E-state index in [1.807, 2.05) is 18.2 Å². The highest BCUT2D eigenvalue weighted by Gasteiger charge is 2.17. The number of ether oxygens (including phenoxy) is 3. The minimum atomic E-state index is -0.135. The Morgan fingerprint density at radius 1 is 0.923 bits per heavy atom. The van der Waals surface area contributed by atoms with Crippen LogP contribution in [-0.2, 0) is 0 Å². The van der Waals surface area contributed by atoms with Gasteiger partial charge in [0.2, 0.25) is 11.5 Å². The van der Waals surface area contributed by atoms with Crippen LogP contribution in [0.1, 0.15) is 15.2 Å². The lowest BCUT2D eigenvalue weighted by Gasteiger charge is -2.13. The summed E-state index contributed by atoms with van der Waals surface area (Å²) in [6.45, 7) is 0. The normalized spacial score (nSPS) is 10.4. The summed E-state index contributed by atoms with van der Waals surface area (Å²) in [7, 11) is 4.68. The van der Waals surface area contributed by atoms with Crippen LogP contribution in [0.4, 0.5) is 0 Å². The molecule has 0 saturated carbocycles. The molecule has 0 saturated heterocycles. The van der Waals surface area contributed by atoms with Gasteiger partial charge in [-0.3, -0.25) is 4.79 Å². The first kappa shape index (κ1) is 17.8. The van der Waals surface area contributed by atoms with Crippen molar-refractivity contribution in [3.63, 3.8) is 0 Å². The third-order valence-corrected chi connectivity index (χ3v) is 5.02. The van der Waals surface area contributed by atoms with E-state index in [-0.39, 0.29) is 11.5 Å². The van der Waals surface area contributed by atoms with E-state index in [9.17, 15) is 9.90 Å². The molecule has 0 radical (unpaired) electrons. The molecule has 2 aromatic carbocycles. The number of thiophene rings is 1. The van der Waals surface area contributed by atoms with Gasteiger partial charge in [-0.1, -0.05) is 12.1 Å². The maximum absolute atomic E-state index is 12.6. The largest absolute Gasteiger partial charge is 0.508 e. The third kappa shape index (κ3) is 3.36. The minimum Gasteiger partial charge on any atom is -0.508 e. The lowest BCUT2D eigenvalue weighted by molar-refractivity contribution is 0.104. The number of phenolic OH excluding ortho intramolecular Hbond substituents is 1. The van der Waals surface area contributed by atoms with Gasteiger partial charge >= 0.3 is 0 Å². The van der Waals surface area contributed by atoms with Crippen molar-refractivity contribution < 1.29 is 24.1 Å². The fraction of sp³-hybridized carbons (Fsp3) is 0.150. The molecule has 0 unspecified atom stereocenters. The Bertz CT molecular complexity index is 920. The van der Waals surface area contributed by atoms with Crippen LogP contribution < -0.4 is 14.2 Å². The fourth-order valence-corrected chi connectivity index (χ4v) is 3.58. The van der Waals surface area contributed by atoms with E-state index >= 15 is 0 Å². The van der Waals surface area contributed by atoms with Crippen LogP contribution in [0.15, 0.2) is 48.5 Å². The van der Waals surface area contributed by atoms with Gasteiger partial charge in [0.1, 0.15) is 5.75 Å². The number of methoxy groups -OCH3 is 3. The summed E-state index contributed by atoms with van der Waals surface area (Å²) in [4.78, 5) is 14.1. The second kappa shape index (κ2) is 7.49. The Kier molecular flexibility index (Phi) is 5.14. The number of aromatic hydroxyl groups is 1. The highest BCUT2D eigenvalue weighted by molar-refractivity contribution is 7.17. The number of benzene rings is 2. The molecule has 0 amide bonds. The lowest BCUT2D eigenvalue weighted by atomic mass is 10.1. The molecule has 1 N–H and O–H groups in total. The standard InChI is InChI=1S/C20H18O5S/c1-23-15-10-13(11-16(24-2)20(15)25-3)17-7-8-18(26-17)19(22)12-5-4-6-14(21)9-12/h4-11,21H,1-3H3. The SMILES string of the molecule is COc1cc(-c2ccc(C(=O)c3cccc(O)c3)s2)cc(OC)c1OC. The van der Waals surface area contributed by atoms with E-state index in [1.165, 1.54) is 23.5 Å². The van der Waals surface area contributed by atoms with Crippen molar-refractivity contribution in [3.05, 3.63) is 59.0 Å². The maximum Gasteiger partial charge on any atom is 0.203 e. The number of ketones is 1. The van der Waals surface area contributed by atoms with Crippen LogP contribution in [0.25, 0.3) is 10.4 Å². The molecule has 0 bridgehead atoms. The molecule has 3 aromatic rings. The lowest BCUT2D eigenvalue weighted by Crippen LogP contribution is -1.97. The van der Waals surface area contributed by atoms with E-state index in [4.69, 9.17) is 14.2 Å². The van der Waals surface area contributed by atoms with Crippen molar-refractivity contribution in [2.45, 2.75) is 0 Å². The van der Waals surface area contributed by atoms with Crippen LogP contribution in [0.2, 0.25) is 0 Å². The molecule has 26 heavy (non-hydrogen) atoms. The number of carbonyl (C=O) groups excluding carboxylic acids is 1. The van der Waals surface area contributed by atoms with Crippen molar-refractivity contribution in [1.29, 1.82) is 0 Å². The summed E-state index contributed by atoms with van der Waals surface area (Å²) in [5.74, 6) is 1.56. The number of rotatable bonds is 6. The van der Waals surface area contributed by atoms with Crippen LogP contribution >= 0.6 is 11.3 Å². The van der Waals surface area contributed by atoms with Crippen molar-refractivity contribution in [1.82, 2.24) is 0 Å². The number of carbonyl (C=O) groups is 1. The van der Waals surface area contributed by atoms with E-state index in [0.29, 0.717) is 27.7 Å². The fourth-order valence-electron chi connectivity index (χ4n) is 2.63. The Labute approximate surface area is 155 Å². The first-order chi connectivity index (χ1) is 12.6. The van der Waals surface area contributed by atoms with E-state index in [1.54, 1.807) is 39.5 Å². The second-order valence-electron chi connectivity index (χ2n) is 5.46. The van der Waals surface area contributed by atoms with Crippen LogP contribution in [0.5, 0.6) is 23.0 Å². The van der Waals surface area contributed by atoms with Gasteiger partial charge in [-0.2, -0.15) is 0 Å². The van der Waals surface area contributed by atoms with Crippen molar-refractivity contribution in [3.8, 4) is 33.4 Å². The molecule has 134 valence electrons. The zero-order valence-electron chi connectivity index (χ0n) is 14.6. The Morgan fingerprint density at radius 2 is 1.62 bits per heavy atom. The van der Waals surface area contributed by atoms with Gasteiger partial charge in [-0.05, 0) is 42.0 Å².